The average molecular weight is 290 g/mol. The maximum absolute atomic E-state index is 12.1. The van der Waals surface area contributed by atoms with Crippen LogP contribution in [0, 0.1) is 10.1 Å². The van der Waals surface area contributed by atoms with Crippen LogP contribution in [0.2, 0.25) is 0 Å². The zero-order chi connectivity index (χ0) is 15.4. The maximum Gasteiger partial charge on any atom is 0.306 e. The summed E-state index contributed by atoms with van der Waals surface area (Å²) in [5, 5.41) is 17.8. The van der Waals surface area contributed by atoms with E-state index in [2.05, 4.69) is 15.8 Å². The van der Waals surface area contributed by atoms with Crippen LogP contribution in [-0.2, 0) is 13.6 Å². The standard InChI is InChI=1S/C12H14N6O3/c1-17-6-5-8(16-17)7-14-12(19)9-3-2-4-10(15-13)11(9)18(20)21/h2-6,15H,7,13H2,1H3,(H,14,19). The molecule has 0 fully saturated rings. The number of benzene rings is 1. The minimum atomic E-state index is -0.648. The molecule has 0 saturated heterocycles. The van der Waals surface area contributed by atoms with Crippen molar-refractivity contribution in [3.05, 3.63) is 51.8 Å². The van der Waals surface area contributed by atoms with Crippen molar-refractivity contribution >= 4 is 17.3 Å². The Bertz CT molecular complexity index is 681. The van der Waals surface area contributed by atoms with Gasteiger partial charge in [0, 0.05) is 13.2 Å². The van der Waals surface area contributed by atoms with Gasteiger partial charge < -0.3 is 10.7 Å². The second-order valence-corrected chi connectivity index (χ2v) is 4.27. The van der Waals surface area contributed by atoms with Crippen molar-refractivity contribution in [1.82, 2.24) is 15.1 Å². The third kappa shape index (κ3) is 3.15. The van der Waals surface area contributed by atoms with Crippen LogP contribution >= 0.6 is 0 Å². The Morgan fingerprint density at radius 3 is 2.81 bits per heavy atom. The third-order valence-corrected chi connectivity index (χ3v) is 2.82. The topological polar surface area (TPSA) is 128 Å². The number of aryl methyl sites for hydroxylation is 1. The number of anilines is 1. The fraction of sp³-hybridized carbons (Fsp3) is 0.167. The Hall–Kier alpha value is -2.94. The van der Waals surface area contributed by atoms with E-state index in [0.29, 0.717) is 5.69 Å². The second kappa shape index (κ2) is 6.01. The Kier molecular flexibility index (Phi) is 4.14. The number of nitrogen functional groups attached to an aromatic ring is 1. The lowest BCUT2D eigenvalue weighted by molar-refractivity contribution is -0.384. The van der Waals surface area contributed by atoms with E-state index in [4.69, 9.17) is 5.84 Å². The number of carbonyl (C=O) groups is 1. The predicted molar refractivity (Wildman–Crippen MR) is 75.3 cm³/mol. The Balaban J connectivity index is 2.20. The average Bonchev–Trinajstić information content (AvgIpc) is 2.89. The first-order valence-corrected chi connectivity index (χ1v) is 6.03. The molecule has 1 amide bonds. The number of nitrogens with two attached hydrogens (primary N) is 1. The molecule has 110 valence electrons. The van der Waals surface area contributed by atoms with E-state index in [0.717, 1.165) is 0 Å². The highest BCUT2D eigenvalue weighted by Crippen LogP contribution is 2.27. The molecule has 1 heterocycles. The number of hydrazine groups is 1. The molecule has 0 bridgehead atoms. The molecule has 0 aliphatic heterocycles. The molecule has 1 aromatic carbocycles. The molecule has 2 rings (SSSR count). The number of para-hydroxylation sites is 1. The van der Waals surface area contributed by atoms with Crippen molar-refractivity contribution in [2.45, 2.75) is 6.54 Å². The summed E-state index contributed by atoms with van der Waals surface area (Å²) in [5.41, 5.74) is 2.51. The van der Waals surface area contributed by atoms with Crippen LogP contribution in [-0.4, -0.2) is 20.6 Å². The van der Waals surface area contributed by atoms with Crippen molar-refractivity contribution in [2.75, 3.05) is 5.43 Å². The molecule has 9 heteroatoms. The minimum Gasteiger partial charge on any atom is -0.346 e. The molecule has 9 nitrogen and oxygen atoms in total. The molecule has 0 aliphatic carbocycles. The fourth-order valence-corrected chi connectivity index (χ4v) is 1.86. The Morgan fingerprint density at radius 1 is 1.48 bits per heavy atom. The molecule has 0 spiro atoms. The quantitative estimate of drug-likeness (QED) is 0.419. The summed E-state index contributed by atoms with van der Waals surface area (Å²) in [5.74, 6) is 4.66. The molecule has 4 N–H and O–H groups in total. The van der Waals surface area contributed by atoms with E-state index < -0.39 is 10.8 Å². The number of hydrogen-bond donors (Lipinski definition) is 3. The van der Waals surface area contributed by atoms with Gasteiger partial charge in [-0.2, -0.15) is 5.10 Å². The first-order valence-electron chi connectivity index (χ1n) is 6.03. The second-order valence-electron chi connectivity index (χ2n) is 4.27. The summed E-state index contributed by atoms with van der Waals surface area (Å²) in [6.45, 7) is 0.178. The van der Waals surface area contributed by atoms with Crippen molar-refractivity contribution in [3.63, 3.8) is 0 Å². The first-order chi connectivity index (χ1) is 10.0. The van der Waals surface area contributed by atoms with Gasteiger partial charge in [-0.15, -0.1) is 0 Å². The van der Waals surface area contributed by atoms with Crippen LogP contribution in [0.15, 0.2) is 30.5 Å². The zero-order valence-electron chi connectivity index (χ0n) is 11.2. The van der Waals surface area contributed by atoms with Crippen molar-refractivity contribution < 1.29 is 9.72 Å². The van der Waals surface area contributed by atoms with Gasteiger partial charge in [0.15, 0.2) is 0 Å². The minimum absolute atomic E-state index is 0.0635. The molecule has 0 aliphatic rings. The van der Waals surface area contributed by atoms with Gasteiger partial charge in [-0.25, -0.2) is 0 Å². The SMILES string of the molecule is Cn1ccc(CNC(=O)c2cccc(NN)c2[N+](=O)[O-])n1. The molecule has 0 atom stereocenters. The number of aromatic nitrogens is 2. The summed E-state index contributed by atoms with van der Waals surface area (Å²) >= 11 is 0. The molecule has 0 saturated carbocycles. The molecule has 1 aromatic heterocycles. The van der Waals surface area contributed by atoms with E-state index in [1.165, 1.54) is 18.2 Å². The van der Waals surface area contributed by atoms with E-state index >= 15 is 0 Å². The lowest BCUT2D eigenvalue weighted by atomic mass is 10.1. The monoisotopic (exact) mass is 290 g/mol. The number of nitrogens with one attached hydrogen (secondary N) is 2. The summed E-state index contributed by atoms with van der Waals surface area (Å²) < 4.78 is 1.60. The predicted octanol–water partition coefficient (Wildman–Crippen LogP) is 0.544. The smallest absolute Gasteiger partial charge is 0.306 e. The van der Waals surface area contributed by atoms with E-state index in [-0.39, 0.29) is 23.5 Å². The van der Waals surface area contributed by atoms with Crippen LogP contribution < -0.4 is 16.6 Å². The Morgan fingerprint density at radius 2 is 2.24 bits per heavy atom. The van der Waals surface area contributed by atoms with Gasteiger partial charge in [0.25, 0.3) is 5.91 Å². The molecular weight excluding hydrogens is 276 g/mol. The number of hydrogen-bond acceptors (Lipinski definition) is 6. The van der Waals surface area contributed by atoms with Crippen molar-refractivity contribution in [1.29, 1.82) is 0 Å². The van der Waals surface area contributed by atoms with Gasteiger partial charge in [-0.05, 0) is 18.2 Å². The number of nitro benzene ring substituents is 1. The molecular formula is C12H14N6O3. The van der Waals surface area contributed by atoms with Crippen LogP contribution in [0.25, 0.3) is 0 Å². The van der Waals surface area contributed by atoms with Crippen LogP contribution in [0.1, 0.15) is 16.1 Å². The highest BCUT2D eigenvalue weighted by Gasteiger charge is 2.24. The van der Waals surface area contributed by atoms with Gasteiger partial charge in [-0.1, -0.05) is 6.07 Å². The summed E-state index contributed by atoms with van der Waals surface area (Å²) in [6.07, 6.45) is 1.74. The highest BCUT2D eigenvalue weighted by atomic mass is 16.6. The largest absolute Gasteiger partial charge is 0.346 e. The number of carbonyl (C=O) groups excluding carboxylic acids is 1. The summed E-state index contributed by atoms with van der Waals surface area (Å²) in [4.78, 5) is 22.5. The third-order valence-electron chi connectivity index (χ3n) is 2.82. The molecule has 0 radical (unpaired) electrons. The number of nitro groups is 1. The molecule has 2 aromatic rings. The van der Waals surface area contributed by atoms with E-state index in [9.17, 15) is 14.9 Å². The van der Waals surface area contributed by atoms with Crippen LogP contribution in [0.5, 0.6) is 0 Å². The normalized spacial score (nSPS) is 10.2. The maximum atomic E-state index is 12.1. The zero-order valence-corrected chi connectivity index (χ0v) is 11.2. The Labute approximate surface area is 119 Å². The number of amides is 1. The number of rotatable bonds is 5. The molecule has 21 heavy (non-hydrogen) atoms. The van der Waals surface area contributed by atoms with Crippen LogP contribution in [0.3, 0.4) is 0 Å². The summed E-state index contributed by atoms with van der Waals surface area (Å²) in [7, 11) is 1.76. The first kappa shape index (κ1) is 14.5. The molecule has 0 unspecified atom stereocenters. The van der Waals surface area contributed by atoms with Gasteiger partial charge in [0.1, 0.15) is 11.3 Å². The van der Waals surface area contributed by atoms with Gasteiger partial charge in [0.05, 0.1) is 17.2 Å². The highest BCUT2D eigenvalue weighted by molar-refractivity contribution is 6.00. The van der Waals surface area contributed by atoms with Crippen molar-refractivity contribution in [3.8, 4) is 0 Å². The van der Waals surface area contributed by atoms with Gasteiger partial charge >= 0.3 is 5.69 Å². The van der Waals surface area contributed by atoms with Gasteiger partial charge in [0.2, 0.25) is 0 Å². The van der Waals surface area contributed by atoms with Gasteiger partial charge in [-0.3, -0.25) is 25.4 Å². The lowest BCUT2D eigenvalue weighted by Gasteiger charge is -2.07. The van der Waals surface area contributed by atoms with E-state index in [1.807, 2.05) is 0 Å². The lowest BCUT2D eigenvalue weighted by Crippen LogP contribution is -2.24. The summed E-state index contributed by atoms with van der Waals surface area (Å²) in [6, 6.07) is 6.05. The fourth-order valence-electron chi connectivity index (χ4n) is 1.86. The van der Waals surface area contributed by atoms with Crippen LogP contribution in [0.4, 0.5) is 11.4 Å². The van der Waals surface area contributed by atoms with Crippen molar-refractivity contribution in [2.24, 2.45) is 12.9 Å². The van der Waals surface area contributed by atoms with E-state index in [1.54, 1.807) is 24.0 Å². The number of nitrogens with zero attached hydrogens (tertiary/aromatic N) is 3.